The molecule has 0 bridgehead atoms. The fourth-order valence-electron chi connectivity index (χ4n) is 1.43. The molecular weight excluding hydrogens is 318 g/mol. The van der Waals surface area contributed by atoms with Gasteiger partial charge in [0.05, 0.1) is 11.4 Å². The van der Waals surface area contributed by atoms with Gasteiger partial charge in [-0.3, -0.25) is 0 Å². The summed E-state index contributed by atoms with van der Waals surface area (Å²) in [5, 5.41) is 4.84. The van der Waals surface area contributed by atoms with Crippen LogP contribution in [0.1, 0.15) is 0 Å². The fourth-order valence-corrected chi connectivity index (χ4v) is 1.81. The number of anilines is 2. The SMILES string of the molecule is O=C(Nc1ccc(F)cc1F)Nc1ccccc1Br. The van der Waals surface area contributed by atoms with Gasteiger partial charge < -0.3 is 10.6 Å². The molecular formula is C13H9BrF2N2O. The second kappa shape index (κ2) is 5.79. The molecule has 2 aromatic carbocycles. The van der Waals surface area contributed by atoms with E-state index in [0.29, 0.717) is 16.2 Å². The lowest BCUT2D eigenvalue weighted by molar-refractivity contribution is 0.262. The molecule has 2 rings (SSSR count). The van der Waals surface area contributed by atoms with Crippen LogP contribution in [0.4, 0.5) is 25.0 Å². The predicted molar refractivity (Wildman–Crippen MR) is 73.1 cm³/mol. The number of carbonyl (C=O) groups excluding carboxylic acids is 1. The van der Waals surface area contributed by atoms with Crippen LogP contribution in [0.25, 0.3) is 0 Å². The van der Waals surface area contributed by atoms with E-state index in [1.165, 1.54) is 0 Å². The van der Waals surface area contributed by atoms with Crippen molar-refractivity contribution in [2.45, 2.75) is 0 Å². The van der Waals surface area contributed by atoms with Crippen molar-refractivity contribution >= 4 is 33.3 Å². The van der Waals surface area contributed by atoms with E-state index in [0.717, 1.165) is 12.1 Å². The molecule has 0 unspecified atom stereocenters. The predicted octanol–water partition coefficient (Wildman–Crippen LogP) is 4.37. The zero-order valence-electron chi connectivity index (χ0n) is 9.58. The van der Waals surface area contributed by atoms with Gasteiger partial charge in [-0.2, -0.15) is 0 Å². The third-order valence-electron chi connectivity index (χ3n) is 2.30. The van der Waals surface area contributed by atoms with E-state index in [1.807, 2.05) is 0 Å². The zero-order chi connectivity index (χ0) is 13.8. The lowest BCUT2D eigenvalue weighted by Crippen LogP contribution is -2.20. The number of amides is 2. The minimum Gasteiger partial charge on any atom is -0.307 e. The molecule has 0 saturated carbocycles. The van der Waals surface area contributed by atoms with Gasteiger partial charge in [0.25, 0.3) is 0 Å². The van der Waals surface area contributed by atoms with Crippen LogP contribution in [-0.4, -0.2) is 6.03 Å². The van der Waals surface area contributed by atoms with Crippen molar-refractivity contribution in [2.24, 2.45) is 0 Å². The summed E-state index contributed by atoms with van der Waals surface area (Å²) in [6.07, 6.45) is 0. The summed E-state index contributed by atoms with van der Waals surface area (Å²) in [6.45, 7) is 0. The molecule has 0 aromatic heterocycles. The van der Waals surface area contributed by atoms with Crippen molar-refractivity contribution < 1.29 is 13.6 Å². The molecule has 0 radical (unpaired) electrons. The number of urea groups is 1. The monoisotopic (exact) mass is 326 g/mol. The Morgan fingerprint density at radius 2 is 1.68 bits per heavy atom. The molecule has 6 heteroatoms. The first kappa shape index (κ1) is 13.5. The number of carbonyl (C=O) groups is 1. The van der Waals surface area contributed by atoms with Gasteiger partial charge in [0, 0.05) is 10.5 Å². The number of rotatable bonds is 2. The van der Waals surface area contributed by atoms with Gasteiger partial charge in [0.2, 0.25) is 0 Å². The maximum atomic E-state index is 13.3. The second-order valence-electron chi connectivity index (χ2n) is 3.68. The summed E-state index contributed by atoms with van der Waals surface area (Å²) in [4.78, 5) is 11.7. The third kappa shape index (κ3) is 3.51. The number of para-hydroxylation sites is 1. The molecule has 0 aliphatic heterocycles. The molecule has 0 saturated heterocycles. The first-order chi connectivity index (χ1) is 9.06. The minimum absolute atomic E-state index is 0.0917. The largest absolute Gasteiger partial charge is 0.323 e. The second-order valence-corrected chi connectivity index (χ2v) is 4.54. The topological polar surface area (TPSA) is 41.1 Å². The Morgan fingerprint density at radius 1 is 1.00 bits per heavy atom. The van der Waals surface area contributed by atoms with Crippen LogP contribution in [0.15, 0.2) is 46.9 Å². The molecule has 98 valence electrons. The molecule has 0 heterocycles. The average Bonchev–Trinajstić information content (AvgIpc) is 2.36. The smallest absolute Gasteiger partial charge is 0.307 e. The summed E-state index contributed by atoms with van der Waals surface area (Å²) in [5.74, 6) is -1.53. The van der Waals surface area contributed by atoms with E-state index in [2.05, 4.69) is 26.6 Å². The first-order valence-corrected chi connectivity index (χ1v) is 6.13. The Kier molecular flexibility index (Phi) is 4.11. The van der Waals surface area contributed by atoms with Crippen LogP contribution in [0.2, 0.25) is 0 Å². The summed E-state index contributed by atoms with van der Waals surface area (Å²) in [5.41, 5.74) is 0.452. The molecule has 0 fully saturated rings. The highest BCUT2D eigenvalue weighted by molar-refractivity contribution is 9.10. The lowest BCUT2D eigenvalue weighted by Gasteiger charge is -2.09. The van der Waals surface area contributed by atoms with Crippen LogP contribution in [0.3, 0.4) is 0 Å². The van der Waals surface area contributed by atoms with Gasteiger partial charge in [-0.25, -0.2) is 13.6 Å². The van der Waals surface area contributed by atoms with Crippen LogP contribution in [-0.2, 0) is 0 Å². The van der Waals surface area contributed by atoms with E-state index >= 15 is 0 Å². The third-order valence-corrected chi connectivity index (χ3v) is 2.99. The van der Waals surface area contributed by atoms with Gasteiger partial charge in [-0.1, -0.05) is 12.1 Å². The number of nitrogens with one attached hydrogen (secondary N) is 2. The van der Waals surface area contributed by atoms with Gasteiger partial charge in [0.15, 0.2) is 0 Å². The van der Waals surface area contributed by atoms with E-state index in [-0.39, 0.29) is 5.69 Å². The molecule has 19 heavy (non-hydrogen) atoms. The van der Waals surface area contributed by atoms with E-state index in [9.17, 15) is 13.6 Å². The van der Waals surface area contributed by atoms with Crippen molar-refractivity contribution in [3.8, 4) is 0 Å². The normalized spacial score (nSPS) is 10.1. The van der Waals surface area contributed by atoms with E-state index in [4.69, 9.17) is 0 Å². The minimum atomic E-state index is -0.831. The zero-order valence-corrected chi connectivity index (χ0v) is 11.2. The highest BCUT2D eigenvalue weighted by atomic mass is 79.9. The van der Waals surface area contributed by atoms with Crippen molar-refractivity contribution in [1.29, 1.82) is 0 Å². The fraction of sp³-hybridized carbons (Fsp3) is 0. The molecule has 0 aliphatic rings. The van der Waals surface area contributed by atoms with Crippen molar-refractivity contribution in [3.63, 3.8) is 0 Å². The van der Waals surface area contributed by atoms with Gasteiger partial charge in [-0.15, -0.1) is 0 Å². The summed E-state index contributed by atoms with van der Waals surface area (Å²) in [6, 6.07) is 9.30. The molecule has 3 nitrogen and oxygen atoms in total. The number of benzene rings is 2. The van der Waals surface area contributed by atoms with Crippen molar-refractivity contribution in [1.82, 2.24) is 0 Å². The van der Waals surface area contributed by atoms with Crippen LogP contribution in [0.5, 0.6) is 0 Å². The van der Waals surface area contributed by atoms with E-state index in [1.54, 1.807) is 24.3 Å². The van der Waals surface area contributed by atoms with Gasteiger partial charge in [0.1, 0.15) is 11.6 Å². The molecule has 2 amide bonds. The summed E-state index contributed by atoms with van der Waals surface area (Å²) < 4.78 is 26.7. The average molecular weight is 327 g/mol. The summed E-state index contributed by atoms with van der Waals surface area (Å²) >= 11 is 3.27. The molecule has 2 N–H and O–H groups in total. The Morgan fingerprint density at radius 3 is 2.37 bits per heavy atom. The number of hydrogen-bond acceptors (Lipinski definition) is 1. The Labute approximate surface area is 116 Å². The first-order valence-electron chi connectivity index (χ1n) is 5.34. The number of halogens is 3. The quantitative estimate of drug-likeness (QED) is 0.845. The molecule has 0 spiro atoms. The Balaban J connectivity index is 2.08. The van der Waals surface area contributed by atoms with Crippen molar-refractivity contribution in [2.75, 3.05) is 10.6 Å². The van der Waals surface area contributed by atoms with Crippen molar-refractivity contribution in [3.05, 3.63) is 58.6 Å². The Bertz CT molecular complexity index is 619. The van der Waals surface area contributed by atoms with Crippen LogP contribution < -0.4 is 10.6 Å². The highest BCUT2D eigenvalue weighted by Crippen LogP contribution is 2.22. The van der Waals surface area contributed by atoms with Gasteiger partial charge in [-0.05, 0) is 40.2 Å². The van der Waals surface area contributed by atoms with Crippen LogP contribution in [0, 0.1) is 11.6 Å². The molecule has 2 aromatic rings. The van der Waals surface area contributed by atoms with E-state index < -0.39 is 17.7 Å². The summed E-state index contributed by atoms with van der Waals surface area (Å²) in [7, 11) is 0. The standard InChI is InChI=1S/C13H9BrF2N2O/c14-9-3-1-2-4-11(9)17-13(19)18-12-6-5-8(15)7-10(12)16/h1-7H,(H2,17,18,19). The number of hydrogen-bond donors (Lipinski definition) is 2. The van der Waals surface area contributed by atoms with Gasteiger partial charge >= 0.3 is 6.03 Å². The maximum absolute atomic E-state index is 13.3. The molecule has 0 aliphatic carbocycles. The maximum Gasteiger partial charge on any atom is 0.323 e. The van der Waals surface area contributed by atoms with Crippen LogP contribution >= 0.6 is 15.9 Å². The highest BCUT2D eigenvalue weighted by Gasteiger charge is 2.09. The lowest BCUT2D eigenvalue weighted by atomic mass is 10.3. The Hall–Kier alpha value is -1.95. The molecule has 0 atom stereocenters.